The first-order valence-corrected chi connectivity index (χ1v) is 9.35. The van der Waals surface area contributed by atoms with Crippen molar-refractivity contribution in [3.05, 3.63) is 0 Å². The Morgan fingerprint density at radius 3 is 2.46 bits per heavy atom. The van der Waals surface area contributed by atoms with Crippen molar-refractivity contribution in [3.63, 3.8) is 0 Å². The van der Waals surface area contributed by atoms with Gasteiger partial charge in [-0.1, -0.05) is 0 Å². The lowest BCUT2D eigenvalue weighted by Gasteiger charge is -2.63. The Hall–Kier alpha value is -1.44. The molecule has 8 heteroatoms. The number of alkyl halides is 3. The predicted molar refractivity (Wildman–Crippen MR) is 85.1 cm³/mol. The summed E-state index contributed by atoms with van der Waals surface area (Å²) in [6.07, 6.45) is -1.56. The molecule has 4 aliphatic heterocycles. The van der Waals surface area contributed by atoms with E-state index in [9.17, 15) is 27.6 Å². The minimum Gasteiger partial charge on any atom is -0.330 e. The van der Waals surface area contributed by atoms with Crippen LogP contribution in [0, 0.1) is 17.8 Å². The van der Waals surface area contributed by atoms with Crippen LogP contribution in [0.3, 0.4) is 0 Å². The Kier molecular flexibility index (Phi) is 3.99. The molecule has 0 bridgehead atoms. The molecule has 0 saturated carbocycles. The average Bonchev–Trinajstić information content (AvgIpc) is 2.59. The van der Waals surface area contributed by atoms with Gasteiger partial charge in [0.05, 0.1) is 5.92 Å². The molecule has 144 valence electrons. The van der Waals surface area contributed by atoms with E-state index in [1.807, 2.05) is 0 Å². The van der Waals surface area contributed by atoms with Gasteiger partial charge in [-0.05, 0) is 64.0 Å². The minimum absolute atomic E-state index is 0.0101. The molecule has 5 nitrogen and oxygen atoms in total. The van der Waals surface area contributed by atoms with Gasteiger partial charge in [0.1, 0.15) is 0 Å². The second-order valence-corrected chi connectivity index (χ2v) is 8.43. The Bertz CT molecular complexity index is 663. The normalized spacial score (nSPS) is 40.8. The third-order valence-corrected chi connectivity index (χ3v) is 7.12. The van der Waals surface area contributed by atoms with E-state index >= 15 is 0 Å². The number of carbonyl (C=O) groups excluding carboxylic acids is 3. The SMILES string of the molecule is C[C@]12CC(C(=O)C(F)(F)F)C(=O)C(=O)N1CC1CCCN3CCC[C@H]2[C@H]13. The largest absolute Gasteiger partial charge is 0.450 e. The number of fused-ring (bicyclic) bond motifs is 2. The van der Waals surface area contributed by atoms with E-state index < -0.39 is 35.1 Å². The maximum absolute atomic E-state index is 13.0. The van der Waals surface area contributed by atoms with Crippen molar-refractivity contribution >= 4 is 17.5 Å². The molecule has 4 saturated heterocycles. The second-order valence-electron chi connectivity index (χ2n) is 8.43. The van der Waals surface area contributed by atoms with Crippen molar-refractivity contribution < 1.29 is 27.6 Å². The molecule has 5 atom stereocenters. The summed E-state index contributed by atoms with van der Waals surface area (Å²) < 4.78 is 38.9. The zero-order chi connectivity index (χ0) is 18.9. The number of piperidine rings is 4. The van der Waals surface area contributed by atoms with E-state index in [0.717, 1.165) is 38.8 Å². The smallest absolute Gasteiger partial charge is 0.330 e. The first-order chi connectivity index (χ1) is 12.1. The molecular weight excluding hydrogens is 349 g/mol. The average molecular weight is 372 g/mol. The van der Waals surface area contributed by atoms with Crippen LogP contribution >= 0.6 is 0 Å². The van der Waals surface area contributed by atoms with Crippen LogP contribution in [0.1, 0.15) is 39.0 Å². The Labute approximate surface area is 149 Å². The molecule has 0 aromatic rings. The van der Waals surface area contributed by atoms with Crippen molar-refractivity contribution in [2.45, 2.75) is 56.8 Å². The lowest BCUT2D eigenvalue weighted by molar-refractivity contribution is -0.190. The number of hydrogen-bond acceptors (Lipinski definition) is 4. The van der Waals surface area contributed by atoms with Gasteiger partial charge in [-0.3, -0.25) is 19.3 Å². The van der Waals surface area contributed by atoms with E-state index in [-0.39, 0.29) is 24.3 Å². The number of carbonyl (C=O) groups is 3. The highest BCUT2D eigenvalue weighted by Gasteiger charge is 2.62. The van der Waals surface area contributed by atoms with Crippen LogP contribution in [0.4, 0.5) is 13.2 Å². The molecule has 1 amide bonds. The van der Waals surface area contributed by atoms with Crippen LogP contribution < -0.4 is 0 Å². The van der Waals surface area contributed by atoms with Gasteiger partial charge in [-0.2, -0.15) is 13.2 Å². The van der Waals surface area contributed by atoms with Gasteiger partial charge in [-0.25, -0.2) is 0 Å². The monoisotopic (exact) mass is 372 g/mol. The summed E-state index contributed by atoms with van der Waals surface area (Å²) >= 11 is 0. The summed E-state index contributed by atoms with van der Waals surface area (Å²) in [6.45, 7) is 4.15. The van der Waals surface area contributed by atoms with Crippen LogP contribution in [-0.2, 0) is 14.4 Å². The van der Waals surface area contributed by atoms with Crippen LogP contribution in [0.2, 0.25) is 0 Å². The lowest BCUT2D eigenvalue weighted by atomic mass is 9.60. The zero-order valence-corrected chi connectivity index (χ0v) is 14.7. The molecule has 4 fully saturated rings. The van der Waals surface area contributed by atoms with Crippen LogP contribution in [-0.4, -0.2) is 64.7 Å². The maximum atomic E-state index is 13.0. The van der Waals surface area contributed by atoms with Crippen molar-refractivity contribution in [2.24, 2.45) is 17.8 Å². The van der Waals surface area contributed by atoms with E-state index in [1.54, 1.807) is 6.92 Å². The molecule has 0 aliphatic carbocycles. The van der Waals surface area contributed by atoms with Crippen LogP contribution in [0.5, 0.6) is 0 Å². The standard InChI is InChI=1S/C18H23F3N2O3/c1-17-8-11(15(25)18(19,20)21)14(24)16(26)23(17)9-10-4-2-6-22-7-3-5-12(17)13(10)22/h10-13H,2-9H2,1H3/t10?,11?,12-,13-,17+/m0/s1. The number of nitrogens with zero attached hydrogens (tertiary/aromatic N) is 2. The van der Waals surface area contributed by atoms with Gasteiger partial charge in [0.2, 0.25) is 11.6 Å². The first-order valence-electron chi connectivity index (χ1n) is 9.35. The highest BCUT2D eigenvalue weighted by atomic mass is 19.4. The molecular formula is C18H23F3N2O3. The van der Waals surface area contributed by atoms with Gasteiger partial charge in [0.15, 0.2) is 0 Å². The van der Waals surface area contributed by atoms with Crippen LogP contribution in [0.25, 0.3) is 0 Å². The Morgan fingerprint density at radius 1 is 1.15 bits per heavy atom. The fourth-order valence-corrected chi connectivity index (χ4v) is 6.00. The predicted octanol–water partition coefficient (Wildman–Crippen LogP) is 1.80. The first kappa shape index (κ1) is 17.9. The quantitative estimate of drug-likeness (QED) is 0.520. The fourth-order valence-electron chi connectivity index (χ4n) is 6.00. The summed E-state index contributed by atoms with van der Waals surface area (Å²) in [5, 5.41) is 0. The Balaban J connectivity index is 1.72. The summed E-state index contributed by atoms with van der Waals surface area (Å²) in [5.74, 6) is -5.78. The molecule has 4 aliphatic rings. The Morgan fingerprint density at radius 2 is 1.81 bits per heavy atom. The lowest BCUT2D eigenvalue weighted by Crippen LogP contribution is -2.74. The second kappa shape index (κ2) is 5.78. The number of Topliss-reactive ketones (excluding diaryl/α,β-unsaturated/α-hetero) is 2. The summed E-state index contributed by atoms with van der Waals surface area (Å²) in [7, 11) is 0. The number of ketones is 2. The molecule has 26 heavy (non-hydrogen) atoms. The van der Waals surface area contributed by atoms with Crippen molar-refractivity contribution in [3.8, 4) is 0 Å². The van der Waals surface area contributed by atoms with Gasteiger partial charge < -0.3 is 4.90 Å². The van der Waals surface area contributed by atoms with Crippen molar-refractivity contribution in [1.29, 1.82) is 0 Å². The summed E-state index contributed by atoms with van der Waals surface area (Å²) in [4.78, 5) is 40.7. The summed E-state index contributed by atoms with van der Waals surface area (Å²) in [5.41, 5.74) is -0.867. The number of hydrogen-bond donors (Lipinski definition) is 0. The van der Waals surface area contributed by atoms with Gasteiger partial charge >= 0.3 is 6.18 Å². The molecule has 2 unspecified atom stereocenters. The number of halogens is 3. The molecule has 0 spiro atoms. The van der Waals surface area contributed by atoms with Crippen molar-refractivity contribution in [1.82, 2.24) is 9.80 Å². The maximum Gasteiger partial charge on any atom is 0.450 e. The van der Waals surface area contributed by atoms with Gasteiger partial charge in [0, 0.05) is 18.1 Å². The topological polar surface area (TPSA) is 57.7 Å². The molecule has 0 aromatic carbocycles. The van der Waals surface area contributed by atoms with E-state index in [4.69, 9.17) is 0 Å². The molecule has 4 rings (SSSR count). The molecule has 0 aromatic heterocycles. The zero-order valence-electron chi connectivity index (χ0n) is 14.7. The molecule has 4 heterocycles. The number of amides is 1. The third kappa shape index (κ3) is 2.44. The van der Waals surface area contributed by atoms with E-state index in [0.29, 0.717) is 6.54 Å². The van der Waals surface area contributed by atoms with Crippen molar-refractivity contribution in [2.75, 3.05) is 19.6 Å². The highest BCUT2D eigenvalue weighted by Crippen LogP contribution is 2.51. The van der Waals surface area contributed by atoms with E-state index in [2.05, 4.69) is 4.90 Å². The van der Waals surface area contributed by atoms with Gasteiger partial charge in [-0.15, -0.1) is 0 Å². The van der Waals surface area contributed by atoms with Gasteiger partial charge in [0.25, 0.3) is 5.91 Å². The summed E-state index contributed by atoms with van der Waals surface area (Å²) in [6, 6.07) is 0.237. The van der Waals surface area contributed by atoms with Crippen LogP contribution in [0.15, 0.2) is 0 Å². The molecule has 0 N–H and O–H groups in total. The van der Waals surface area contributed by atoms with E-state index in [1.165, 1.54) is 4.90 Å². The fraction of sp³-hybridized carbons (Fsp3) is 0.833. The minimum atomic E-state index is -5.10. The third-order valence-electron chi connectivity index (χ3n) is 7.12. The number of rotatable bonds is 1. The highest BCUT2D eigenvalue weighted by molar-refractivity contribution is 6.41. The molecule has 0 radical (unpaired) electrons.